The summed E-state index contributed by atoms with van der Waals surface area (Å²) in [5, 5.41) is 1.37. The van der Waals surface area contributed by atoms with Crippen molar-refractivity contribution in [3.05, 3.63) is 35.5 Å². The van der Waals surface area contributed by atoms with Gasteiger partial charge in [0.15, 0.2) is 0 Å². The average molecular weight is 369 g/mol. The minimum atomic E-state index is -0.0330. The molecule has 2 amide bonds. The lowest BCUT2D eigenvalue weighted by atomic mass is 9.74. The van der Waals surface area contributed by atoms with Crippen LogP contribution in [0.1, 0.15) is 57.6 Å². The molecular weight excluding hydrogens is 336 g/mol. The van der Waals surface area contributed by atoms with E-state index in [0.717, 1.165) is 11.9 Å². The topological polar surface area (TPSA) is 40.5 Å². The molecule has 5 nitrogen and oxygen atoms in total. The van der Waals surface area contributed by atoms with Crippen LogP contribution >= 0.6 is 0 Å². The summed E-state index contributed by atoms with van der Waals surface area (Å²) >= 11 is 0. The van der Waals surface area contributed by atoms with Gasteiger partial charge in [-0.25, -0.2) is 10.2 Å². The molecule has 27 heavy (non-hydrogen) atoms. The second kappa shape index (κ2) is 7.19. The van der Waals surface area contributed by atoms with E-state index in [9.17, 15) is 4.79 Å². The molecular formula is C22H32N4O. The first-order valence-electron chi connectivity index (χ1n) is 10.5. The van der Waals surface area contributed by atoms with Crippen LogP contribution in [0, 0.1) is 0 Å². The molecule has 5 heteroatoms. The number of benzene rings is 1. The molecule has 2 heterocycles. The first-order chi connectivity index (χ1) is 13.0. The molecule has 1 aliphatic carbocycles. The second-order valence-corrected chi connectivity index (χ2v) is 8.21. The molecule has 1 saturated heterocycles. The summed E-state index contributed by atoms with van der Waals surface area (Å²) in [6.45, 7) is 11.3. The number of nitrogens with zero attached hydrogens (tertiary/aromatic N) is 3. The SMILES string of the molecule is CCN(CC)C(=O)Nn1cc2c3c(cccc31)C1CCCN(C(C)C)[C@@H]1C2. The lowest BCUT2D eigenvalue weighted by molar-refractivity contribution is 0.0913. The third-order valence-corrected chi connectivity index (χ3v) is 6.52. The number of urea groups is 1. The molecule has 1 N–H and O–H groups in total. The van der Waals surface area contributed by atoms with Crippen molar-refractivity contribution in [2.75, 3.05) is 25.1 Å². The maximum atomic E-state index is 12.6. The molecule has 0 radical (unpaired) electrons. The number of nitrogens with one attached hydrogen (secondary N) is 1. The van der Waals surface area contributed by atoms with E-state index in [1.807, 2.05) is 23.4 Å². The molecule has 1 unspecified atom stereocenters. The van der Waals surface area contributed by atoms with Crippen molar-refractivity contribution in [2.24, 2.45) is 0 Å². The van der Waals surface area contributed by atoms with Gasteiger partial charge in [-0.2, -0.15) is 0 Å². The van der Waals surface area contributed by atoms with Crippen LogP contribution in [-0.4, -0.2) is 52.2 Å². The third kappa shape index (κ3) is 3.02. The van der Waals surface area contributed by atoms with Gasteiger partial charge in [0.25, 0.3) is 0 Å². The monoisotopic (exact) mass is 368 g/mol. The third-order valence-electron chi connectivity index (χ3n) is 6.52. The molecule has 1 aromatic heterocycles. The van der Waals surface area contributed by atoms with E-state index in [1.54, 1.807) is 0 Å². The van der Waals surface area contributed by atoms with Gasteiger partial charge in [0.2, 0.25) is 0 Å². The van der Waals surface area contributed by atoms with Crippen molar-refractivity contribution in [3.63, 3.8) is 0 Å². The van der Waals surface area contributed by atoms with Gasteiger partial charge in [-0.15, -0.1) is 0 Å². The average Bonchev–Trinajstić information content (AvgIpc) is 3.01. The Morgan fingerprint density at radius 3 is 2.78 bits per heavy atom. The first-order valence-corrected chi connectivity index (χ1v) is 10.5. The van der Waals surface area contributed by atoms with Gasteiger partial charge < -0.3 is 4.90 Å². The van der Waals surface area contributed by atoms with Crippen molar-refractivity contribution < 1.29 is 4.79 Å². The highest BCUT2D eigenvalue weighted by atomic mass is 16.2. The fraction of sp³-hybridized carbons (Fsp3) is 0.591. The van der Waals surface area contributed by atoms with Gasteiger partial charge >= 0.3 is 6.03 Å². The van der Waals surface area contributed by atoms with Crippen LogP contribution in [0.25, 0.3) is 10.9 Å². The van der Waals surface area contributed by atoms with Crippen LogP contribution < -0.4 is 5.43 Å². The molecule has 2 aliphatic rings. The van der Waals surface area contributed by atoms with Crippen LogP contribution in [0.3, 0.4) is 0 Å². The van der Waals surface area contributed by atoms with Crippen LogP contribution in [0.15, 0.2) is 24.4 Å². The zero-order valence-electron chi connectivity index (χ0n) is 17.0. The normalized spacial score (nSPS) is 22.1. The Hall–Kier alpha value is -2.01. The van der Waals surface area contributed by atoms with E-state index in [4.69, 9.17) is 0 Å². The summed E-state index contributed by atoms with van der Waals surface area (Å²) in [5.74, 6) is 0.603. The van der Waals surface area contributed by atoms with E-state index in [-0.39, 0.29) is 6.03 Å². The summed E-state index contributed by atoms with van der Waals surface area (Å²) in [5.41, 5.74) is 7.07. The highest BCUT2D eigenvalue weighted by Crippen LogP contribution is 2.44. The number of likely N-dealkylation sites (tertiary alicyclic amines) is 1. The number of piperidine rings is 1. The zero-order valence-corrected chi connectivity index (χ0v) is 17.0. The number of hydrogen-bond acceptors (Lipinski definition) is 2. The van der Waals surface area contributed by atoms with E-state index in [1.165, 1.54) is 35.9 Å². The van der Waals surface area contributed by atoms with Gasteiger partial charge in [-0.05, 0) is 70.7 Å². The Bertz CT molecular complexity index is 836. The number of fused-ring (bicyclic) bond motifs is 2. The van der Waals surface area contributed by atoms with Crippen molar-refractivity contribution in [1.29, 1.82) is 0 Å². The maximum Gasteiger partial charge on any atom is 0.336 e. The number of amides is 2. The zero-order chi connectivity index (χ0) is 19.1. The van der Waals surface area contributed by atoms with Crippen molar-refractivity contribution in [1.82, 2.24) is 14.5 Å². The molecule has 0 bridgehead atoms. The Morgan fingerprint density at radius 1 is 1.30 bits per heavy atom. The van der Waals surface area contributed by atoms with E-state index in [0.29, 0.717) is 31.1 Å². The molecule has 146 valence electrons. The summed E-state index contributed by atoms with van der Waals surface area (Å²) in [6, 6.07) is 7.71. The number of hydrogen-bond donors (Lipinski definition) is 1. The number of aromatic nitrogens is 1. The predicted octanol–water partition coefficient (Wildman–Crippen LogP) is 4.16. The molecule has 2 aromatic rings. The standard InChI is InChI=1S/C22H32N4O/c1-5-24(6-2)22(27)23-26-14-16-13-20-17(10-8-12-25(20)15(3)4)18-9-7-11-19(26)21(16)18/h7,9,11,14-15,17,20H,5-6,8,10,12-13H2,1-4H3,(H,23,27)/t17?,20-/m1/s1. The lowest BCUT2D eigenvalue weighted by Crippen LogP contribution is -2.49. The number of carbonyl (C=O) groups is 1. The summed E-state index contributed by atoms with van der Waals surface area (Å²) in [7, 11) is 0. The second-order valence-electron chi connectivity index (χ2n) is 8.21. The highest BCUT2D eigenvalue weighted by molar-refractivity contribution is 5.92. The number of carbonyl (C=O) groups excluding carboxylic acids is 1. The minimum absolute atomic E-state index is 0.0330. The van der Waals surface area contributed by atoms with E-state index >= 15 is 0 Å². The van der Waals surface area contributed by atoms with Crippen molar-refractivity contribution in [3.8, 4) is 0 Å². The van der Waals surface area contributed by atoms with Crippen molar-refractivity contribution in [2.45, 2.75) is 65.0 Å². The molecule has 0 spiro atoms. The quantitative estimate of drug-likeness (QED) is 0.880. The van der Waals surface area contributed by atoms with Gasteiger partial charge in [0, 0.05) is 42.7 Å². The smallest absolute Gasteiger partial charge is 0.324 e. The van der Waals surface area contributed by atoms with Gasteiger partial charge in [-0.3, -0.25) is 9.58 Å². The first kappa shape index (κ1) is 18.4. The molecule has 4 rings (SSSR count). The lowest BCUT2D eigenvalue weighted by Gasteiger charge is -2.46. The van der Waals surface area contributed by atoms with Gasteiger partial charge in [-0.1, -0.05) is 12.1 Å². The molecule has 1 fully saturated rings. The van der Waals surface area contributed by atoms with E-state index < -0.39 is 0 Å². The highest BCUT2D eigenvalue weighted by Gasteiger charge is 2.38. The largest absolute Gasteiger partial charge is 0.336 e. The number of rotatable bonds is 4. The Balaban J connectivity index is 1.73. The Kier molecular flexibility index (Phi) is 4.89. The summed E-state index contributed by atoms with van der Waals surface area (Å²) in [4.78, 5) is 17.1. The van der Waals surface area contributed by atoms with Crippen LogP contribution in [0.5, 0.6) is 0 Å². The summed E-state index contributed by atoms with van der Waals surface area (Å²) in [6.07, 6.45) is 5.76. The summed E-state index contributed by atoms with van der Waals surface area (Å²) < 4.78 is 1.95. The maximum absolute atomic E-state index is 12.6. The van der Waals surface area contributed by atoms with Gasteiger partial charge in [0.1, 0.15) is 0 Å². The Labute approximate surface area is 162 Å². The van der Waals surface area contributed by atoms with Crippen molar-refractivity contribution >= 4 is 16.9 Å². The molecule has 1 aliphatic heterocycles. The fourth-order valence-corrected chi connectivity index (χ4v) is 5.21. The Morgan fingerprint density at radius 2 is 2.07 bits per heavy atom. The minimum Gasteiger partial charge on any atom is -0.324 e. The molecule has 0 saturated carbocycles. The van der Waals surface area contributed by atoms with Crippen LogP contribution in [-0.2, 0) is 6.42 Å². The van der Waals surface area contributed by atoms with Crippen LogP contribution in [0.4, 0.5) is 4.79 Å². The predicted molar refractivity (Wildman–Crippen MR) is 111 cm³/mol. The van der Waals surface area contributed by atoms with Crippen LogP contribution in [0.2, 0.25) is 0 Å². The fourth-order valence-electron chi connectivity index (χ4n) is 5.21. The van der Waals surface area contributed by atoms with Gasteiger partial charge in [0.05, 0.1) is 5.52 Å². The molecule has 2 atom stereocenters. The molecule has 1 aromatic carbocycles. The van der Waals surface area contributed by atoms with E-state index in [2.05, 4.69) is 48.6 Å².